The third-order valence-corrected chi connectivity index (χ3v) is 0.704. The Bertz CT molecular complexity index is 20.9. The Morgan fingerprint density at radius 1 is 2.00 bits per heavy atom. The average Bonchev–Trinajstić information content (AvgIpc) is 1.38. The molecule has 0 saturated heterocycles. The molecule has 1 atom stereocenters. The maximum absolute atomic E-state index is 9.80. The highest BCUT2D eigenvalue weighted by Crippen LogP contribution is 1.74. The fourth-order valence-corrected chi connectivity index (χ4v) is 0. The normalized spacial score (nSPS) is 15.0. The number of hydrogen-bond donors (Lipinski definition) is 0. The van der Waals surface area contributed by atoms with Gasteiger partial charge in [0.15, 0.2) is 0 Å². The molecule has 30 valence electrons. The van der Waals surface area contributed by atoms with Crippen LogP contribution in [0.15, 0.2) is 0 Å². The van der Waals surface area contributed by atoms with Crippen LogP contribution in [0.5, 0.6) is 0 Å². The third kappa shape index (κ3) is 4.31. The van der Waals surface area contributed by atoms with Crippen LogP contribution in [-0.4, -0.2) is 16.6 Å². The summed E-state index contributed by atoms with van der Waals surface area (Å²) in [6.45, 7) is 4.87. The summed E-state index contributed by atoms with van der Waals surface area (Å²) in [5, 5.41) is 0. The van der Waals surface area contributed by atoms with Crippen molar-refractivity contribution in [1.82, 2.24) is 0 Å². The minimum absolute atomic E-state index is 0.278. The van der Waals surface area contributed by atoms with E-state index in [4.69, 9.17) is 6.92 Å². The van der Waals surface area contributed by atoms with Crippen molar-refractivity contribution in [3.05, 3.63) is 6.92 Å². The first-order chi connectivity index (χ1) is 2.27. The molecule has 2 heteroatoms. The quantitative estimate of drug-likeness (QED) is 0.418. The van der Waals surface area contributed by atoms with Gasteiger partial charge in [-0.25, -0.2) is 0 Å². The van der Waals surface area contributed by atoms with Gasteiger partial charge in [-0.15, -0.1) is 0 Å². The van der Waals surface area contributed by atoms with Crippen LogP contribution in [0, 0.1) is 6.92 Å². The summed E-state index contributed by atoms with van der Waals surface area (Å²) in [6, 6.07) is 0. The van der Waals surface area contributed by atoms with E-state index in [1.165, 1.54) is 0 Å². The molecule has 1 unspecified atom stereocenters. The van der Waals surface area contributed by atoms with Crippen molar-refractivity contribution in [2.45, 2.75) is 0 Å². The van der Waals surface area contributed by atoms with Gasteiger partial charge in [0, 0.05) is 6.92 Å². The van der Waals surface area contributed by atoms with E-state index in [0.717, 1.165) is 0 Å². The Hall–Kier alpha value is 0.310. The van der Waals surface area contributed by atoms with Crippen LogP contribution in [0.3, 0.4) is 0 Å². The second kappa shape index (κ2) is 2.54. The molecule has 0 heterocycles. The third-order valence-electron chi connectivity index (χ3n) is 0.235. The fraction of sp³-hybridized carbons (Fsp3) is 0.667. The molecule has 0 aliphatic carbocycles. The van der Waals surface area contributed by atoms with Gasteiger partial charge >= 0.3 is 0 Å². The van der Waals surface area contributed by atoms with Gasteiger partial charge in [-0.3, -0.25) is 0 Å². The summed E-state index contributed by atoms with van der Waals surface area (Å²) in [7, 11) is 0. The monoisotopic (exact) mass is 90.0 g/mol. The van der Waals surface area contributed by atoms with Crippen molar-refractivity contribution < 1.29 is 4.55 Å². The lowest BCUT2D eigenvalue weighted by molar-refractivity contribution is 0.603. The van der Waals surface area contributed by atoms with E-state index in [9.17, 15) is 4.55 Å². The summed E-state index contributed by atoms with van der Waals surface area (Å²) < 4.78 is 9.80. The molecule has 0 aromatic heterocycles. The largest absolute Gasteiger partial charge is 0.617 e. The molecule has 0 aliphatic rings. The Morgan fingerprint density at radius 3 is 2.20 bits per heavy atom. The first-order valence-corrected chi connectivity index (χ1v) is 3.00. The molecule has 0 rings (SSSR count). The first kappa shape index (κ1) is 5.31. The van der Waals surface area contributed by atoms with Crippen LogP contribution < -0.4 is 0 Å². The highest BCUT2D eigenvalue weighted by atomic mass is 32.2. The topological polar surface area (TPSA) is 23.1 Å². The van der Waals surface area contributed by atoms with Gasteiger partial charge in [-0.2, -0.15) is 0 Å². The maximum Gasteiger partial charge on any atom is 0.109 e. The van der Waals surface area contributed by atoms with E-state index in [-0.39, 0.29) is 5.75 Å². The lowest BCUT2D eigenvalue weighted by atomic mass is 11.0. The predicted molar refractivity (Wildman–Crippen MR) is 23.2 cm³/mol. The standard InChI is InChI=1S/C3H6OS/c1-3-5(2)4/h1H,3H2,2H3. The van der Waals surface area contributed by atoms with Crippen LogP contribution in [-0.2, 0) is 11.2 Å². The van der Waals surface area contributed by atoms with E-state index in [2.05, 4.69) is 0 Å². The van der Waals surface area contributed by atoms with Crippen molar-refractivity contribution in [2.24, 2.45) is 0 Å². The number of hydrogen-bond acceptors (Lipinski definition) is 1. The molecule has 0 fully saturated rings. The number of rotatable bonds is 1. The van der Waals surface area contributed by atoms with Crippen molar-refractivity contribution >= 4 is 11.2 Å². The van der Waals surface area contributed by atoms with Crippen molar-refractivity contribution in [2.75, 3.05) is 12.0 Å². The Balaban J connectivity index is 2.54. The first-order valence-electron chi connectivity index (χ1n) is 1.27. The minimum Gasteiger partial charge on any atom is -0.617 e. The fourth-order valence-electron chi connectivity index (χ4n) is 0. The zero-order valence-corrected chi connectivity index (χ0v) is 3.92. The minimum atomic E-state index is -0.795. The molecule has 0 N–H and O–H groups in total. The molecule has 1 nitrogen and oxygen atoms in total. The second-order valence-electron chi connectivity index (χ2n) is 0.740. The molecule has 2 radical (unpaired) electrons. The summed E-state index contributed by atoms with van der Waals surface area (Å²) in [5.74, 6) is 0.278. The average molecular weight is 90.1 g/mol. The second-order valence-corrected chi connectivity index (χ2v) is 2.22. The van der Waals surface area contributed by atoms with Crippen LogP contribution in [0.2, 0.25) is 0 Å². The molecular formula is C3H6OS. The Kier molecular flexibility index (Phi) is 2.70. The van der Waals surface area contributed by atoms with E-state index < -0.39 is 11.2 Å². The van der Waals surface area contributed by atoms with Crippen molar-refractivity contribution in [3.8, 4) is 0 Å². The van der Waals surface area contributed by atoms with E-state index in [1.54, 1.807) is 6.26 Å². The van der Waals surface area contributed by atoms with Gasteiger partial charge in [-0.1, -0.05) is 11.2 Å². The smallest absolute Gasteiger partial charge is 0.109 e. The van der Waals surface area contributed by atoms with Crippen molar-refractivity contribution in [1.29, 1.82) is 0 Å². The van der Waals surface area contributed by atoms with E-state index >= 15 is 0 Å². The highest BCUT2D eigenvalue weighted by Gasteiger charge is 1.81. The summed E-state index contributed by atoms with van der Waals surface area (Å²) >= 11 is -0.795. The molecule has 0 aliphatic heterocycles. The van der Waals surface area contributed by atoms with Gasteiger partial charge in [0.05, 0.1) is 6.26 Å². The summed E-state index contributed by atoms with van der Waals surface area (Å²) in [4.78, 5) is 0. The molecule has 0 aromatic rings. The summed E-state index contributed by atoms with van der Waals surface area (Å²) in [5.41, 5.74) is 0. The molecule has 0 saturated carbocycles. The van der Waals surface area contributed by atoms with Gasteiger partial charge in [-0.05, 0) is 0 Å². The lowest BCUT2D eigenvalue weighted by Gasteiger charge is -1.94. The summed E-state index contributed by atoms with van der Waals surface area (Å²) in [6.07, 6.45) is 1.57. The Morgan fingerprint density at radius 2 is 2.20 bits per heavy atom. The van der Waals surface area contributed by atoms with E-state index in [0.29, 0.717) is 0 Å². The molecule has 0 aromatic carbocycles. The highest BCUT2D eigenvalue weighted by molar-refractivity contribution is 7.90. The van der Waals surface area contributed by atoms with Crippen LogP contribution in [0.25, 0.3) is 0 Å². The van der Waals surface area contributed by atoms with Gasteiger partial charge in [0.25, 0.3) is 0 Å². The maximum atomic E-state index is 9.80. The zero-order valence-electron chi connectivity index (χ0n) is 3.10. The van der Waals surface area contributed by atoms with Gasteiger partial charge in [0.1, 0.15) is 5.75 Å². The van der Waals surface area contributed by atoms with Crippen molar-refractivity contribution in [3.63, 3.8) is 0 Å². The molecule has 0 amide bonds. The Labute approximate surface area is 35.6 Å². The SMILES string of the molecule is [CH]C[S+](C)[O-]. The molecule has 0 spiro atoms. The van der Waals surface area contributed by atoms with Crippen LogP contribution >= 0.6 is 0 Å². The van der Waals surface area contributed by atoms with Crippen LogP contribution in [0.1, 0.15) is 0 Å². The molecule has 0 bridgehead atoms. The molecule has 5 heavy (non-hydrogen) atoms. The van der Waals surface area contributed by atoms with E-state index in [1.807, 2.05) is 0 Å². The van der Waals surface area contributed by atoms with Gasteiger partial charge < -0.3 is 4.55 Å². The molecular weight excluding hydrogens is 84.1 g/mol. The zero-order chi connectivity index (χ0) is 4.28. The lowest BCUT2D eigenvalue weighted by Crippen LogP contribution is -1.97. The van der Waals surface area contributed by atoms with Crippen LogP contribution in [0.4, 0.5) is 0 Å². The van der Waals surface area contributed by atoms with Gasteiger partial charge in [0.2, 0.25) is 0 Å². The predicted octanol–water partition coefficient (Wildman–Crippen LogP) is 0.0760.